The van der Waals surface area contributed by atoms with Gasteiger partial charge in [0.05, 0.1) is 0 Å². The molecule has 0 saturated carbocycles. The molecule has 0 aromatic carbocycles. The van der Waals surface area contributed by atoms with E-state index in [2.05, 4.69) is 44.6 Å². The van der Waals surface area contributed by atoms with Crippen molar-refractivity contribution in [1.82, 2.24) is 10.2 Å². The van der Waals surface area contributed by atoms with Gasteiger partial charge in [0, 0.05) is 24.3 Å². The number of likely N-dealkylation sites (N-methyl/N-ethyl adjacent to an activating group) is 1. The van der Waals surface area contributed by atoms with Crippen LogP contribution in [0.2, 0.25) is 0 Å². The predicted molar refractivity (Wildman–Crippen MR) is 55.2 cm³/mol. The first-order chi connectivity index (χ1) is 5.34. The summed E-state index contributed by atoms with van der Waals surface area (Å²) in [5.74, 6) is 0. The van der Waals surface area contributed by atoms with Crippen LogP contribution >= 0.6 is 0 Å². The number of nitrogens with zero attached hydrogens (tertiary/aromatic N) is 1. The Morgan fingerprint density at radius 3 is 2.25 bits per heavy atom. The summed E-state index contributed by atoms with van der Waals surface area (Å²) in [4.78, 5) is 2.32. The second kappa shape index (κ2) is 4.51. The van der Waals surface area contributed by atoms with Crippen LogP contribution in [0.15, 0.2) is 12.3 Å². The number of hydrogen-bond donors (Lipinski definition) is 1. The van der Waals surface area contributed by atoms with E-state index < -0.39 is 0 Å². The van der Waals surface area contributed by atoms with Gasteiger partial charge >= 0.3 is 0 Å². The highest BCUT2D eigenvalue weighted by atomic mass is 15.2. The average Bonchev–Trinajstić information content (AvgIpc) is 1.84. The van der Waals surface area contributed by atoms with Gasteiger partial charge in [-0.1, -0.05) is 6.58 Å². The van der Waals surface area contributed by atoms with Crippen LogP contribution in [0, 0.1) is 0 Å². The van der Waals surface area contributed by atoms with Crippen molar-refractivity contribution >= 4 is 0 Å². The summed E-state index contributed by atoms with van der Waals surface area (Å²) in [6.07, 6.45) is 0. The van der Waals surface area contributed by atoms with Gasteiger partial charge in [-0.15, -0.1) is 0 Å². The molecule has 0 radical (unpaired) electrons. The first-order valence-corrected chi connectivity index (χ1v) is 4.44. The molecule has 0 spiro atoms. The molecule has 1 N–H and O–H groups in total. The Labute approximate surface area is 76.6 Å². The van der Waals surface area contributed by atoms with Crippen LogP contribution in [-0.2, 0) is 0 Å². The van der Waals surface area contributed by atoms with Crippen molar-refractivity contribution in [3.05, 3.63) is 12.3 Å². The number of hydrogen-bond acceptors (Lipinski definition) is 2. The molecule has 2 nitrogen and oxygen atoms in total. The van der Waals surface area contributed by atoms with Gasteiger partial charge in [-0.3, -0.25) is 4.90 Å². The summed E-state index contributed by atoms with van der Waals surface area (Å²) < 4.78 is 0. The molecule has 0 atom stereocenters. The lowest BCUT2D eigenvalue weighted by Gasteiger charge is -2.31. The second-order valence-electron chi connectivity index (χ2n) is 4.30. The van der Waals surface area contributed by atoms with Crippen molar-refractivity contribution in [1.29, 1.82) is 0 Å². The Balaban J connectivity index is 3.58. The topological polar surface area (TPSA) is 15.3 Å². The summed E-state index contributed by atoms with van der Waals surface area (Å²) in [5.41, 5.74) is 1.30. The minimum absolute atomic E-state index is 0.261. The summed E-state index contributed by atoms with van der Waals surface area (Å²) in [6, 6.07) is 0. The maximum atomic E-state index is 3.78. The van der Waals surface area contributed by atoms with E-state index in [-0.39, 0.29) is 5.54 Å². The zero-order valence-corrected chi connectivity index (χ0v) is 9.07. The quantitative estimate of drug-likeness (QED) is 0.692. The fourth-order valence-electron chi connectivity index (χ4n) is 0.772. The monoisotopic (exact) mass is 170 g/mol. The Morgan fingerprint density at radius 2 is 1.92 bits per heavy atom. The van der Waals surface area contributed by atoms with Crippen LogP contribution in [-0.4, -0.2) is 30.6 Å². The Kier molecular flexibility index (Phi) is 4.32. The fraction of sp³-hybridized carbons (Fsp3) is 0.800. The highest BCUT2D eigenvalue weighted by Crippen LogP contribution is 2.08. The maximum absolute atomic E-state index is 3.78. The molecule has 0 amide bonds. The second-order valence-corrected chi connectivity index (χ2v) is 4.30. The van der Waals surface area contributed by atoms with Gasteiger partial charge in [0.2, 0.25) is 0 Å². The van der Waals surface area contributed by atoms with Crippen LogP contribution in [0.25, 0.3) is 0 Å². The third-order valence-corrected chi connectivity index (χ3v) is 2.02. The molecule has 0 aliphatic rings. The van der Waals surface area contributed by atoms with Crippen molar-refractivity contribution < 1.29 is 0 Å². The molecule has 0 aromatic rings. The van der Waals surface area contributed by atoms with Crippen molar-refractivity contribution in [3.8, 4) is 0 Å². The number of allylic oxidation sites excluding steroid dienone is 1. The molecule has 0 bridgehead atoms. The van der Waals surface area contributed by atoms with E-state index in [1.165, 1.54) is 0 Å². The third-order valence-electron chi connectivity index (χ3n) is 2.02. The van der Waals surface area contributed by atoms with Crippen LogP contribution in [0.3, 0.4) is 0 Å². The molecule has 12 heavy (non-hydrogen) atoms. The van der Waals surface area contributed by atoms with Crippen LogP contribution in [0.5, 0.6) is 0 Å². The lowest BCUT2D eigenvalue weighted by molar-refractivity contribution is 0.178. The molecule has 0 unspecified atom stereocenters. The van der Waals surface area contributed by atoms with E-state index >= 15 is 0 Å². The molecule has 0 saturated heterocycles. The predicted octanol–water partition coefficient (Wildman–Crippen LogP) is 1.84. The maximum Gasteiger partial charge on any atom is 0.0271 e. The highest BCUT2D eigenvalue weighted by molar-refractivity contribution is 4.84. The molecule has 0 rings (SSSR count). The minimum atomic E-state index is 0.261. The third kappa shape index (κ3) is 5.19. The molecule has 72 valence electrons. The summed E-state index contributed by atoms with van der Waals surface area (Å²) in [5, 5.41) is 3.21. The summed E-state index contributed by atoms with van der Waals surface area (Å²) in [7, 11) is 2.14. The normalized spacial score (nSPS) is 11.8. The molecular formula is C10H22N2. The standard InChI is InChI=1S/C10H22N2/c1-9(2)11-7-8-12(6)10(3,4)5/h11H,1,7-8H2,2-6H3. The first-order valence-electron chi connectivity index (χ1n) is 4.44. The van der Waals surface area contributed by atoms with Gasteiger partial charge in [0.25, 0.3) is 0 Å². The lowest BCUT2D eigenvalue weighted by atomic mass is 10.1. The van der Waals surface area contributed by atoms with E-state index in [1.807, 2.05) is 6.92 Å². The average molecular weight is 170 g/mol. The largest absolute Gasteiger partial charge is 0.388 e. The zero-order chi connectivity index (χ0) is 9.78. The van der Waals surface area contributed by atoms with Crippen molar-refractivity contribution in [3.63, 3.8) is 0 Å². The summed E-state index contributed by atoms with van der Waals surface area (Å²) in [6.45, 7) is 14.4. The van der Waals surface area contributed by atoms with E-state index in [4.69, 9.17) is 0 Å². The Bertz CT molecular complexity index is 144. The first kappa shape index (κ1) is 11.5. The van der Waals surface area contributed by atoms with E-state index in [0.29, 0.717) is 0 Å². The van der Waals surface area contributed by atoms with Gasteiger partial charge in [-0.2, -0.15) is 0 Å². The Hall–Kier alpha value is -0.500. The van der Waals surface area contributed by atoms with Gasteiger partial charge in [0.15, 0.2) is 0 Å². The number of rotatable bonds is 4. The van der Waals surface area contributed by atoms with E-state index in [9.17, 15) is 0 Å². The van der Waals surface area contributed by atoms with Gasteiger partial charge < -0.3 is 5.32 Å². The van der Waals surface area contributed by atoms with Gasteiger partial charge in [0.1, 0.15) is 0 Å². The van der Waals surface area contributed by atoms with Crippen molar-refractivity contribution in [2.75, 3.05) is 20.1 Å². The molecule has 0 aliphatic heterocycles. The van der Waals surface area contributed by atoms with Gasteiger partial charge in [-0.05, 0) is 34.7 Å². The van der Waals surface area contributed by atoms with Crippen molar-refractivity contribution in [2.24, 2.45) is 0 Å². The summed E-state index contributed by atoms with van der Waals surface area (Å²) >= 11 is 0. The minimum Gasteiger partial charge on any atom is -0.388 e. The molecule has 0 aliphatic carbocycles. The van der Waals surface area contributed by atoms with Crippen LogP contribution in [0.1, 0.15) is 27.7 Å². The number of nitrogens with one attached hydrogen (secondary N) is 1. The fourth-order valence-corrected chi connectivity index (χ4v) is 0.772. The zero-order valence-electron chi connectivity index (χ0n) is 9.07. The van der Waals surface area contributed by atoms with Gasteiger partial charge in [-0.25, -0.2) is 0 Å². The smallest absolute Gasteiger partial charge is 0.0271 e. The van der Waals surface area contributed by atoms with Crippen molar-refractivity contribution in [2.45, 2.75) is 33.2 Å². The molecule has 0 fully saturated rings. The highest BCUT2D eigenvalue weighted by Gasteiger charge is 2.15. The molecule has 2 heteroatoms. The molecule has 0 aromatic heterocycles. The van der Waals surface area contributed by atoms with E-state index in [0.717, 1.165) is 18.8 Å². The lowest BCUT2D eigenvalue weighted by Crippen LogP contribution is -2.41. The Morgan fingerprint density at radius 1 is 1.42 bits per heavy atom. The van der Waals surface area contributed by atoms with E-state index in [1.54, 1.807) is 0 Å². The SMILES string of the molecule is C=C(C)NCCN(C)C(C)(C)C. The van der Waals surface area contributed by atoms with Crippen LogP contribution in [0.4, 0.5) is 0 Å². The molecule has 0 heterocycles. The molecular weight excluding hydrogens is 148 g/mol. The van der Waals surface area contributed by atoms with Crippen LogP contribution < -0.4 is 5.32 Å².